The number of hydrogen-bond donors (Lipinski definition) is 0. The monoisotopic (exact) mass is 1000 g/mol. The zero-order chi connectivity index (χ0) is 52.2. The molecule has 0 N–H and O–H groups in total. The van der Waals surface area contributed by atoms with Crippen molar-refractivity contribution in [3.05, 3.63) is 85.1 Å². The van der Waals surface area contributed by atoms with Crippen LogP contribution in [0.5, 0.6) is 0 Å². The average molecular weight is 1000 g/mol. The average Bonchev–Trinajstić information content (AvgIpc) is 3.38. The lowest BCUT2D eigenvalue weighted by Gasteiger charge is -2.18. The zero-order valence-corrected chi connectivity index (χ0v) is 47.4. The molecule has 0 spiro atoms. The molecule has 414 valence electrons. The van der Waals surface area contributed by atoms with Crippen molar-refractivity contribution in [3.8, 4) is 0 Å². The van der Waals surface area contributed by atoms with Crippen LogP contribution in [0.4, 0.5) is 0 Å². The van der Waals surface area contributed by atoms with E-state index in [1.807, 2.05) is 0 Å². The van der Waals surface area contributed by atoms with Gasteiger partial charge in [-0.1, -0.05) is 273 Å². The lowest BCUT2D eigenvalue weighted by Crippen LogP contribution is -2.30. The molecule has 0 saturated carbocycles. The summed E-state index contributed by atoms with van der Waals surface area (Å²) in [7, 11) is 0. The van der Waals surface area contributed by atoms with Gasteiger partial charge in [0.15, 0.2) is 6.10 Å². The van der Waals surface area contributed by atoms with Gasteiger partial charge in [-0.25, -0.2) is 0 Å². The fraction of sp³-hybridized carbons (Fsp3) is 0.742. The second-order valence-corrected chi connectivity index (χ2v) is 20.2. The van der Waals surface area contributed by atoms with Crippen LogP contribution in [0.25, 0.3) is 0 Å². The van der Waals surface area contributed by atoms with E-state index < -0.39 is 6.10 Å². The first-order chi connectivity index (χ1) is 35.5. The minimum atomic E-state index is -0.780. The van der Waals surface area contributed by atoms with Gasteiger partial charge in [0.1, 0.15) is 13.2 Å². The number of esters is 3. The Bertz CT molecular complexity index is 1380. The van der Waals surface area contributed by atoms with E-state index in [0.717, 1.165) is 116 Å². The van der Waals surface area contributed by atoms with Gasteiger partial charge in [-0.15, -0.1) is 0 Å². The fourth-order valence-electron chi connectivity index (χ4n) is 8.55. The van der Waals surface area contributed by atoms with Gasteiger partial charge in [-0.05, 0) is 89.9 Å². The predicted molar refractivity (Wildman–Crippen MR) is 311 cm³/mol. The molecule has 0 amide bonds. The first-order valence-corrected chi connectivity index (χ1v) is 30.6. The molecule has 6 heteroatoms. The van der Waals surface area contributed by atoms with Crippen molar-refractivity contribution < 1.29 is 28.6 Å². The van der Waals surface area contributed by atoms with Crippen LogP contribution in [-0.2, 0) is 28.6 Å². The predicted octanol–water partition coefficient (Wildman–Crippen LogP) is 20.7. The van der Waals surface area contributed by atoms with Gasteiger partial charge in [-0.3, -0.25) is 14.4 Å². The van der Waals surface area contributed by atoms with Crippen LogP contribution in [0.1, 0.15) is 297 Å². The van der Waals surface area contributed by atoms with Gasteiger partial charge in [0.25, 0.3) is 0 Å². The number of allylic oxidation sites excluding steroid dienone is 14. The van der Waals surface area contributed by atoms with Crippen LogP contribution in [0, 0.1) is 0 Å². The number of rotatable bonds is 55. The summed E-state index contributed by atoms with van der Waals surface area (Å²) in [6, 6.07) is 0. The van der Waals surface area contributed by atoms with Crippen LogP contribution in [0.2, 0.25) is 0 Å². The topological polar surface area (TPSA) is 78.9 Å². The van der Waals surface area contributed by atoms with Gasteiger partial charge in [0.05, 0.1) is 0 Å². The van der Waals surface area contributed by atoms with Crippen LogP contribution >= 0.6 is 0 Å². The maximum Gasteiger partial charge on any atom is 0.306 e. The van der Waals surface area contributed by atoms with Crippen molar-refractivity contribution in [1.29, 1.82) is 0 Å². The zero-order valence-electron chi connectivity index (χ0n) is 47.4. The normalized spacial score (nSPS) is 12.7. The molecule has 0 aromatic heterocycles. The van der Waals surface area contributed by atoms with Crippen LogP contribution in [-0.4, -0.2) is 37.2 Å². The van der Waals surface area contributed by atoms with Crippen molar-refractivity contribution >= 4 is 17.9 Å². The summed E-state index contributed by atoms with van der Waals surface area (Å²) in [5, 5.41) is 0. The smallest absolute Gasteiger partial charge is 0.306 e. The molecular weight excluding hydrogens is 889 g/mol. The summed E-state index contributed by atoms with van der Waals surface area (Å²) >= 11 is 0. The maximum atomic E-state index is 12.8. The molecule has 6 nitrogen and oxygen atoms in total. The lowest BCUT2D eigenvalue weighted by molar-refractivity contribution is -0.167. The largest absolute Gasteiger partial charge is 0.462 e. The molecule has 0 aliphatic heterocycles. The Hall–Kier alpha value is -3.41. The minimum Gasteiger partial charge on any atom is -0.462 e. The third-order valence-corrected chi connectivity index (χ3v) is 13.1. The van der Waals surface area contributed by atoms with E-state index >= 15 is 0 Å². The fourth-order valence-corrected chi connectivity index (χ4v) is 8.55. The molecule has 0 rings (SSSR count). The van der Waals surface area contributed by atoms with E-state index in [4.69, 9.17) is 14.2 Å². The Morgan fingerprint density at radius 3 is 0.889 bits per heavy atom. The highest BCUT2D eigenvalue weighted by molar-refractivity contribution is 5.71. The van der Waals surface area contributed by atoms with E-state index in [1.54, 1.807) is 0 Å². The first-order valence-electron chi connectivity index (χ1n) is 30.6. The van der Waals surface area contributed by atoms with Gasteiger partial charge in [-0.2, -0.15) is 0 Å². The SMILES string of the molecule is CC/C=C\C/C=C\C/C=C\C/C=C\C/C=C\CCCCCCCCCCCCCCCCCC(=O)OCC(COC(=O)CCCCCCCCCCC)OC(=O)CCCCCCC/C=C\C/C=C\CCCC. The van der Waals surface area contributed by atoms with Crippen molar-refractivity contribution in [2.75, 3.05) is 13.2 Å². The van der Waals surface area contributed by atoms with E-state index in [9.17, 15) is 14.4 Å². The number of carbonyl (C=O) groups excluding carboxylic acids is 3. The number of hydrogen-bond acceptors (Lipinski definition) is 6. The Morgan fingerprint density at radius 1 is 0.292 bits per heavy atom. The quantitative estimate of drug-likeness (QED) is 0.0261. The highest BCUT2D eigenvalue weighted by Crippen LogP contribution is 2.16. The standard InChI is InChI=1S/C66H114O6/c1-4-7-10-13-16-19-21-23-25-26-27-28-29-30-31-32-33-34-35-36-37-38-39-40-41-43-44-47-50-53-56-59-65(68)71-62-63(61-70-64(67)58-55-52-49-46-18-15-12-9-6-3)72-66(69)60-57-54-51-48-45-42-24-22-20-17-14-11-8-5-2/h7,10,14,16-17,19,22-25,27-28,30-31,63H,4-6,8-9,11-13,15,18,20-21,26,29,32-62H2,1-3H3/b10-7-,17-14-,19-16-,24-22-,25-23-,28-27-,31-30-. The van der Waals surface area contributed by atoms with Crippen molar-refractivity contribution in [3.63, 3.8) is 0 Å². The summed E-state index contributed by atoms with van der Waals surface area (Å²) in [6.45, 7) is 6.47. The number of carbonyl (C=O) groups is 3. The Morgan fingerprint density at radius 2 is 0.556 bits per heavy atom. The molecule has 0 aliphatic carbocycles. The second-order valence-electron chi connectivity index (χ2n) is 20.2. The van der Waals surface area contributed by atoms with Gasteiger partial charge >= 0.3 is 17.9 Å². The molecule has 0 aliphatic rings. The van der Waals surface area contributed by atoms with Crippen LogP contribution < -0.4 is 0 Å². The summed E-state index contributed by atoms with van der Waals surface area (Å²) in [4.78, 5) is 38.0. The van der Waals surface area contributed by atoms with Crippen LogP contribution in [0.3, 0.4) is 0 Å². The molecular formula is C66H114O6. The van der Waals surface area contributed by atoms with Crippen molar-refractivity contribution in [1.82, 2.24) is 0 Å². The summed E-state index contributed by atoms with van der Waals surface area (Å²) in [5.41, 5.74) is 0. The van der Waals surface area contributed by atoms with Gasteiger partial charge in [0.2, 0.25) is 0 Å². The second kappa shape index (κ2) is 60.1. The highest BCUT2D eigenvalue weighted by Gasteiger charge is 2.19. The molecule has 0 heterocycles. The number of unbranched alkanes of at least 4 members (excludes halogenated alkanes) is 30. The summed E-state index contributed by atoms with van der Waals surface area (Å²) in [5.74, 6) is -0.887. The lowest BCUT2D eigenvalue weighted by atomic mass is 10.0. The molecule has 0 fully saturated rings. The van der Waals surface area contributed by atoms with Gasteiger partial charge in [0, 0.05) is 19.3 Å². The third-order valence-electron chi connectivity index (χ3n) is 13.1. The van der Waals surface area contributed by atoms with E-state index in [-0.39, 0.29) is 31.1 Å². The molecule has 0 radical (unpaired) electrons. The van der Waals surface area contributed by atoms with Crippen LogP contribution in [0.15, 0.2) is 85.1 Å². The van der Waals surface area contributed by atoms with Gasteiger partial charge < -0.3 is 14.2 Å². The molecule has 0 bridgehead atoms. The molecule has 0 aromatic carbocycles. The Kier molecular flexibility index (Phi) is 57.3. The highest BCUT2D eigenvalue weighted by atomic mass is 16.6. The first kappa shape index (κ1) is 68.6. The molecule has 1 unspecified atom stereocenters. The number of ether oxygens (including phenoxy) is 3. The molecule has 0 saturated heterocycles. The summed E-state index contributed by atoms with van der Waals surface area (Å²) in [6.07, 6.45) is 78.9. The Labute approximate surface area is 445 Å². The van der Waals surface area contributed by atoms with Crippen molar-refractivity contribution in [2.24, 2.45) is 0 Å². The van der Waals surface area contributed by atoms with Crippen molar-refractivity contribution in [2.45, 2.75) is 303 Å². The van der Waals surface area contributed by atoms with E-state index in [2.05, 4.69) is 106 Å². The van der Waals surface area contributed by atoms with E-state index in [1.165, 1.54) is 141 Å². The Balaban J connectivity index is 4.11. The van der Waals surface area contributed by atoms with E-state index in [0.29, 0.717) is 19.3 Å². The maximum absolute atomic E-state index is 12.8. The summed E-state index contributed by atoms with van der Waals surface area (Å²) < 4.78 is 16.8. The molecule has 1 atom stereocenters. The molecule has 72 heavy (non-hydrogen) atoms. The minimum absolute atomic E-state index is 0.0786. The third kappa shape index (κ3) is 57.5. The molecule has 0 aromatic rings.